The van der Waals surface area contributed by atoms with E-state index in [4.69, 9.17) is 28.4 Å². The lowest BCUT2D eigenvalue weighted by atomic mass is 9.48. The van der Waals surface area contributed by atoms with Gasteiger partial charge in [-0.3, -0.25) is 4.79 Å². The minimum atomic E-state index is -2.04. The van der Waals surface area contributed by atoms with E-state index in [1.165, 1.54) is 14.2 Å². The first-order valence-electron chi connectivity index (χ1n) is 13.4. The van der Waals surface area contributed by atoms with E-state index < -0.39 is 100 Å². The number of hydrogen-bond acceptors (Lipinski definition) is 14. The van der Waals surface area contributed by atoms with Crippen LogP contribution in [-0.4, -0.2) is 105 Å². The lowest BCUT2D eigenvalue weighted by Gasteiger charge is -2.60. The Balaban J connectivity index is 1.36. The number of hydrogen-bond donors (Lipinski definition) is 5. The number of phenolic OH excluding ortho intramolecular Hbond substituents is 3. The van der Waals surface area contributed by atoms with Gasteiger partial charge in [0.25, 0.3) is 0 Å². The van der Waals surface area contributed by atoms with Gasteiger partial charge in [-0.15, -0.1) is 0 Å². The first-order valence-corrected chi connectivity index (χ1v) is 13.4. The second-order valence-electron chi connectivity index (χ2n) is 12.0. The van der Waals surface area contributed by atoms with Crippen molar-refractivity contribution in [1.29, 1.82) is 0 Å². The topological polar surface area (TPSA) is 211 Å². The van der Waals surface area contributed by atoms with Gasteiger partial charge in [-0.25, -0.2) is 9.59 Å². The van der Waals surface area contributed by atoms with E-state index in [1.807, 2.05) is 0 Å². The molecule has 3 aliphatic heterocycles. The minimum absolute atomic E-state index is 0.0134. The molecule has 2 bridgehead atoms. The Morgan fingerprint density at radius 3 is 2.29 bits per heavy atom. The molecule has 5 fully saturated rings. The number of benzene rings is 1. The zero-order chi connectivity index (χ0) is 30.7. The molecule has 6 rings (SSSR count). The Kier molecular flexibility index (Phi) is 5.92. The number of epoxide rings is 1. The molecule has 14 heteroatoms. The Labute approximate surface area is 239 Å². The van der Waals surface area contributed by atoms with Crippen molar-refractivity contribution in [2.75, 3.05) is 20.8 Å². The van der Waals surface area contributed by atoms with Gasteiger partial charge in [0.2, 0.25) is 0 Å². The van der Waals surface area contributed by atoms with Crippen LogP contribution in [-0.2, 0) is 38.0 Å². The third-order valence-electron chi connectivity index (χ3n) is 10.1. The molecule has 1 aromatic carbocycles. The average Bonchev–Trinajstić information content (AvgIpc) is 3.59. The van der Waals surface area contributed by atoms with Crippen LogP contribution in [0.5, 0.6) is 17.2 Å². The summed E-state index contributed by atoms with van der Waals surface area (Å²) in [5.74, 6) is -6.93. The van der Waals surface area contributed by atoms with Crippen LogP contribution in [0.4, 0.5) is 0 Å². The molecule has 0 radical (unpaired) electrons. The molecule has 2 saturated carbocycles. The second-order valence-corrected chi connectivity index (χ2v) is 12.0. The van der Waals surface area contributed by atoms with E-state index in [0.717, 1.165) is 12.1 Å². The van der Waals surface area contributed by atoms with Gasteiger partial charge in [0.05, 0.1) is 23.7 Å². The van der Waals surface area contributed by atoms with Crippen LogP contribution in [0.3, 0.4) is 0 Å². The summed E-state index contributed by atoms with van der Waals surface area (Å²) in [6.07, 6.45) is -4.29. The van der Waals surface area contributed by atoms with Crippen LogP contribution in [0.15, 0.2) is 23.5 Å². The van der Waals surface area contributed by atoms with Gasteiger partial charge in [0.15, 0.2) is 29.0 Å². The summed E-state index contributed by atoms with van der Waals surface area (Å²) in [5, 5.41) is 53.2. The average molecular weight is 593 g/mol. The standard InChI is InChI=1S/C28H32O14/c1-10(2)27(35)17-24(34)41-20(27)18(38-5)25(3)26(19-21(40-19)28(17,25)36)8-12(23(33)42-26)15(37-4)9-39-22(32)11-6-13(29)16(31)14(30)7-11/h6-7,10,17-21,29-31,35-36H,8-9H2,1-5H3/b15-12+/t17-,18+,19+,20-,21-,25-,26+,27+,28-/m0/s1. The number of methoxy groups -OCH3 is 2. The molecule has 0 amide bonds. The zero-order valence-electron chi connectivity index (χ0n) is 23.4. The highest BCUT2D eigenvalue weighted by atomic mass is 16.7. The summed E-state index contributed by atoms with van der Waals surface area (Å²) in [6.45, 7) is 4.49. The van der Waals surface area contributed by atoms with Gasteiger partial charge >= 0.3 is 17.9 Å². The predicted molar refractivity (Wildman–Crippen MR) is 135 cm³/mol. The van der Waals surface area contributed by atoms with E-state index in [9.17, 15) is 39.9 Å². The molecule has 1 aromatic rings. The van der Waals surface area contributed by atoms with Crippen molar-refractivity contribution in [1.82, 2.24) is 0 Å². The first kappa shape index (κ1) is 28.5. The molecule has 3 saturated heterocycles. The fourth-order valence-corrected chi connectivity index (χ4v) is 7.93. The number of ether oxygens (including phenoxy) is 6. The maximum absolute atomic E-state index is 13.4. The minimum Gasteiger partial charge on any atom is -0.504 e. The second kappa shape index (κ2) is 8.72. The number of esters is 3. The summed E-state index contributed by atoms with van der Waals surface area (Å²) >= 11 is 0. The first-order chi connectivity index (χ1) is 19.6. The maximum Gasteiger partial charge on any atom is 0.338 e. The van der Waals surface area contributed by atoms with Gasteiger partial charge in [-0.1, -0.05) is 20.8 Å². The lowest BCUT2D eigenvalue weighted by Crippen LogP contribution is -2.78. The van der Waals surface area contributed by atoms with Crippen molar-refractivity contribution in [2.24, 2.45) is 17.3 Å². The molecule has 0 aromatic heterocycles. The number of aromatic hydroxyl groups is 3. The Bertz CT molecular complexity index is 1410. The summed E-state index contributed by atoms with van der Waals surface area (Å²) in [5.41, 5.74) is -7.19. The van der Waals surface area contributed by atoms with E-state index in [1.54, 1.807) is 20.8 Å². The summed E-state index contributed by atoms with van der Waals surface area (Å²) in [4.78, 5) is 39.3. The molecule has 5 N–H and O–H groups in total. The molecule has 14 nitrogen and oxygen atoms in total. The molecule has 5 aliphatic rings. The Morgan fingerprint density at radius 1 is 1.07 bits per heavy atom. The van der Waals surface area contributed by atoms with Crippen molar-refractivity contribution in [3.8, 4) is 17.2 Å². The fraction of sp³-hybridized carbons (Fsp3) is 0.607. The quantitative estimate of drug-likeness (QED) is 0.0736. The highest BCUT2D eigenvalue weighted by Gasteiger charge is 2.95. The summed E-state index contributed by atoms with van der Waals surface area (Å²) in [7, 11) is 2.61. The van der Waals surface area contributed by atoms with Crippen LogP contribution in [0.1, 0.15) is 37.6 Å². The number of fused-ring (bicyclic) bond motifs is 8. The number of carbonyl (C=O) groups excluding carboxylic acids is 3. The summed E-state index contributed by atoms with van der Waals surface area (Å²) < 4.78 is 34.0. The maximum atomic E-state index is 13.4. The van der Waals surface area contributed by atoms with Gasteiger partial charge < -0.3 is 54.0 Å². The number of carbonyl (C=O) groups is 3. The highest BCUT2D eigenvalue weighted by Crippen LogP contribution is 2.76. The van der Waals surface area contributed by atoms with E-state index in [2.05, 4.69) is 0 Å². The number of aliphatic hydroxyl groups is 2. The molecule has 228 valence electrons. The van der Waals surface area contributed by atoms with Crippen molar-refractivity contribution >= 4 is 17.9 Å². The number of rotatable bonds is 6. The largest absolute Gasteiger partial charge is 0.504 e. The Hall–Kier alpha value is -3.59. The van der Waals surface area contributed by atoms with Gasteiger partial charge in [-0.05, 0) is 18.1 Å². The SMILES string of the molecule is CO/C(COC(=O)c1cc(O)c(O)c(O)c1)=C1\C[C@@]2(OC1=O)[C@@H]1O[C@@H]1[C@@]1(O)[C@H]3C(=O)O[C@@H]([C@@H](OC)[C@]12C)[C@@]3(O)C(C)C. The molecule has 1 spiro atoms. The van der Waals surface area contributed by atoms with Gasteiger partial charge in [0.1, 0.15) is 47.8 Å². The lowest BCUT2D eigenvalue weighted by molar-refractivity contribution is -0.313. The van der Waals surface area contributed by atoms with Crippen LogP contribution < -0.4 is 0 Å². The molecular formula is C28H32O14. The van der Waals surface area contributed by atoms with Gasteiger partial charge in [-0.2, -0.15) is 0 Å². The zero-order valence-corrected chi connectivity index (χ0v) is 23.4. The molecule has 2 aliphatic carbocycles. The van der Waals surface area contributed by atoms with Gasteiger partial charge in [0, 0.05) is 13.5 Å². The van der Waals surface area contributed by atoms with Crippen LogP contribution >= 0.6 is 0 Å². The van der Waals surface area contributed by atoms with Crippen LogP contribution in [0.25, 0.3) is 0 Å². The predicted octanol–water partition coefficient (Wildman–Crippen LogP) is 0.0221. The van der Waals surface area contributed by atoms with E-state index >= 15 is 0 Å². The third-order valence-corrected chi connectivity index (χ3v) is 10.1. The normalized spacial score (nSPS) is 42.2. The summed E-state index contributed by atoms with van der Waals surface area (Å²) in [6, 6.07) is 1.79. The molecule has 0 unspecified atom stereocenters. The molecule has 42 heavy (non-hydrogen) atoms. The molecule has 9 atom stereocenters. The van der Waals surface area contributed by atoms with Crippen molar-refractivity contribution < 1.29 is 68.3 Å². The molecular weight excluding hydrogens is 560 g/mol. The monoisotopic (exact) mass is 592 g/mol. The number of phenols is 3. The highest BCUT2D eigenvalue weighted by molar-refractivity contribution is 5.94. The van der Waals surface area contributed by atoms with Crippen molar-refractivity contribution in [3.05, 3.63) is 29.0 Å². The fourth-order valence-electron chi connectivity index (χ4n) is 7.93. The van der Waals surface area contributed by atoms with Crippen molar-refractivity contribution in [2.45, 2.75) is 68.4 Å². The van der Waals surface area contributed by atoms with E-state index in [0.29, 0.717) is 0 Å². The van der Waals surface area contributed by atoms with Crippen molar-refractivity contribution in [3.63, 3.8) is 0 Å². The smallest absolute Gasteiger partial charge is 0.338 e. The molecule has 3 heterocycles. The van der Waals surface area contributed by atoms with E-state index in [-0.39, 0.29) is 23.3 Å². The van der Waals surface area contributed by atoms with Crippen LogP contribution in [0.2, 0.25) is 0 Å². The Morgan fingerprint density at radius 2 is 1.71 bits per heavy atom. The third kappa shape index (κ3) is 3.10. The van der Waals surface area contributed by atoms with Crippen LogP contribution in [0, 0.1) is 17.3 Å².